The van der Waals surface area contributed by atoms with Crippen LogP contribution >= 0.6 is 0 Å². The molecule has 0 fully saturated rings. The summed E-state index contributed by atoms with van der Waals surface area (Å²) in [5.74, 6) is 0.999. The smallest absolute Gasteiger partial charge is 0.154 e. The molecule has 0 spiro atoms. The number of benzene rings is 5. The molecule has 0 aromatic heterocycles. The van der Waals surface area contributed by atoms with Crippen molar-refractivity contribution in [3.8, 4) is 5.75 Å². The second kappa shape index (κ2) is 12.2. The van der Waals surface area contributed by atoms with Crippen LogP contribution in [0.4, 0.5) is 5.69 Å². The van der Waals surface area contributed by atoms with E-state index < -0.39 is 0 Å². The summed E-state index contributed by atoms with van der Waals surface area (Å²) in [5.41, 5.74) is 16.6. The largest absolute Gasteiger partial charge is 0.487 e. The minimum Gasteiger partial charge on any atom is -0.487 e. The third-order valence-corrected chi connectivity index (χ3v) is 5.77. The van der Waals surface area contributed by atoms with E-state index >= 15 is 0 Å². The van der Waals surface area contributed by atoms with Gasteiger partial charge in [-0.15, -0.1) is 0 Å². The summed E-state index contributed by atoms with van der Waals surface area (Å²) in [5, 5.41) is 10.4. The summed E-state index contributed by atoms with van der Waals surface area (Å²) in [6.45, 7) is 2.36. The van der Waals surface area contributed by atoms with Gasteiger partial charge in [0, 0.05) is 16.7 Å². The Bertz CT molecular complexity index is 1510. The average Bonchev–Trinajstić information content (AvgIpc) is 2.93. The average molecular weight is 487 g/mol. The number of hydrogen-bond donors (Lipinski definition) is 3. The molecular formula is C32H30N4O. The van der Waals surface area contributed by atoms with Gasteiger partial charge < -0.3 is 16.2 Å². The molecule has 5 aromatic carbocycles. The molecule has 0 amide bonds. The lowest BCUT2D eigenvalue weighted by Gasteiger charge is -2.14. The Hall–Kier alpha value is -4.90. The minimum atomic E-state index is 0.112. The first-order valence-electron chi connectivity index (χ1n) is 12.0. The fraction of sp³-hybridized carbons (Fsp3) is 0.0625. The van der Waals surface area contributed by atoms with Gasteiger partial charge in [0.25, 0.3) is 0 Å². The molecule has 0 heterocycles. The molecule has 0 saturated heterocycles. The lowest BCUT2D eigenvalue weighted by molar-refractivity contribution is 0.308. The molecule has 5 N–H and O–H groups in total. The van der Waals surface area contributed by atoms with E-state index in [2.05, 4.69) is 24.0 Å². The zero-order valence-corrected chi connectivity index (χ0v) is 20.8. The molecule has 5 aromatic rings. The van der Waals surface area contributed by atoms with E-state index in [-0.39, 0.29) is 18.3 Å². The first kappa shape index (κ1) is 25.2. The standard InChI is InChI=1S/C25H22N4O.C7H8/c26-22-12-6-7-13-23(22)30-16-20-14-18-10-4-5-11-19(18)15-21(20)25(28)29-24(27)17-8-2-1-3-9-17;1-7-5-3-2-4-6-7/h1-15H,16,26H2,(H3,27,28,29);2-6H,1H3. The van der Waals surface area contributed by atoms with Crippen molar-refractivity contribution in [3.05, 3.63) is 144 Å². The number of aryl methyl sites for hydroxylation is 1. The molecule has 5 nitrogen and oxygen atoms in total. The highest BCUT2D eigenvalue weighted by atomic mass is 16.5. The normalized spacial score (nSPS) is 10.9. The van der Waals surface area contributed by atoms with Crippen molar-refractivity contribution >= 4 is 28.1 Å². The molecule has 37 heavy (non-hydrogen) atoms. The monoisotopic (exact) mass is 486 g/mol. The van der Waals surface area contributed by atoms with Crippen molar-refractivity contribution in [3.63, 3.8) is 0 Å². The van der Waals surface area contributed by atoms with Crippen molar-refractivity contribution in [2.75, 3.05) is 5.73 Å². The fourth-order valence-corrected chi connectivity index (χ4v) is 3.79. The zero-order chi connectivity index (χ0) is 26.0. The number of para-hydroxylation sites is 2. The maximum absolute atomic E-state index is 8.29. The quantitative estimate of drug-likeness (QED) is 0.146. The van der Waals surface area contributed by atoms with Crippen LogP contribution in [0.1, 0.15) is 22.3 Å². The number of nitrogens with one attached hydrogen (secondary N) is 1. The Morgan fingerprint density at radius 1 is 0.757 bits per heavy atom. The van der Waals surface area contributed by atoms with Gasteiger partial charge in [0.05, 0.1) is 5.69 Å². The number of aliphatic imine (C=N–C) groups is 1. The highest BCUT2D eigenvalue weighted by Crippen LogP contribution is 2.25. The maximum atomic E-state index is 8.29. The van der Waals surface area contributed by atoms with E-state index in [0.717, 1.165) is 21.9 Å². The van der Waals surface area contributed by atoms with Crippen LogP contribution in [-0.2, 0) is 6.61 Å². The number of nitrogens with zero attached hydrogens (tertiary/aromatic N) is 1. The lowest BCUT2D eigenvalue weighted by atomic mass is 10.0. The molecule has 0 radical (unpaired) electrons. The molecule has 0 aliphatic heterocycles. The number of ether oxygens (including phenoxy) is 1. The van der Waals surface area contributed by atoms with E-state index in [9.17, 15) is 0 Å². The molecule has 5 heteroatoms. The third kappa shape index (κ3) is 6.83. The summed E-state index contributed by atoms with van der Waals surface area (Å²) in [6, 6.07) is 39.0. The maximum Gasteiger partial charge on any atom is 0.154 e. The second-order valence-electron chi connectivity index (χ2n) is 8.55. The SMILES string of the molecule is Cc1ccccc1.N=C(N=C(N)c1cc2ccccc2cc1COc1ccccc1N)c1ccccc1. The first-order valence-corrected chi connectivity index (χ1v) is 12.0. The van der Waals surface area contributed by atoms with Crippen LogP contribution in [0.3, 0.4) is 0 Å². The van der Waals surface area contributed by atoms with Gasteiger partial charge >= 0.3 is 0 Å². The van der Waals surface area contributed by atoms with Gasteiger partial charge in [-0.2, -0.15) is 0 Å². The molecule has 0 bridgehead atoms. The molecule has 184 valence electrons. The fourth-order valence-electron chi connectivity index (χ4n) is 3.79. The van der Waals surface area contributed by atoms with Crippen LogP contribution in [0.2, 0.25) is 0 Å². The highest BCUT2D eigenvalue weighted by molar-refractivity contribution is 6.11. The van der Waals surface area contributed by atoms with Crippen molar-refractivity contribution in [1.29, 1.82) is 5.41 Å². The van der Waals surface area contributed by atoms with Crippen LogP contribution in [-0.4, -0.2) is 11.7 Å². The lowest BCUT2D eigenvalue weighted by Crippen LogP contribution is -2.19. The predicted molar refractivity (Wildman–Crippen MR) is 154 cm³/mol. The molecule has 5 rings (SSSR count). The van der Waals surface area contributed by atoms with Crippen molar-refractivity contribution in [2.45, 2.75) is 13.5 Å². The number of anilines is 1. The first-order chi connectivity index (χ1) is 18.0. The number of nitrogens with two attached hydrogens (primary N) is 2. The number of hydrogen-bond acceptors (Lipinski definition) is 3. The summed E-state index contributed by atoms with van der Waals surface area (Å²) < 4.78 is 5.96. The Kier molecular flexibility index (Phi) is 8.29. The van der Waals surface area contributed by atoms with Crippen molar-refractivity contribution < 1.29 is 4.74 Å². The number of rotatable bonds is 5. The van der Waals surface area contributed by atoms with E-state index in [1.807, 2.05) is 103 Å². The Balaban J connectivity index is 0.000000396. The van der Waals surface area contributed by atoms with E-state index in [4.69, 9.17) is 21.6 Å². The molecule has 0 aliphatic rings. The van der Waals surface area contributed by atoms with E-state index in [1.165, 1.54) is 5.56 Å². The summed E-state index contributed by atoms with van der Waals surface area (Å²) >= 11 is 0. The predicted octanol–water partition coefficient (Wildman–Crippen LogP) is 6.73. The number of amidine groups is 2. The topological polar surface area (TPSA) is 97.5 Å². The number of nitrogen functional groups attached to an aromatic ring is 1. The van der Waals surface area contributed by atoms with Gasteiger partial charge in [-0.3, -0.25) is 5.41 Å². The minimum absolute atomic E-state index is 0.112. The van der Waals surface area contributed by atoms with E-state index in [0.29, 0.717) is 17.0 Å². The Labute approximate surface area is 217 Å². The van der Waals surface area contributed by atoms with Crippen LogP contribution in [0.15, 0.2) is 126 Å². The number of fused-ring (bicyclic) bond motifs is 1. The van der Waals surface area contributed by atoms with Crippen LogP contribution in [0.5, 0.6) is 5.75 Å². The Morgan fingerprint density at radius 2 is 1.32 bits per heavy atom. The molecule has 0 saturated carbocycles. The van der Waals surface area contributed by atoms with E-state index in [1.54, 1.807) is 6.07 Å². The summed E-state index contributed by atoms with van der Waals surface area (Å²) in [7, 11) is 0. The summed E-state index contributed by atoms with van der Waals surface area (Å²) in [6.07, 6.45) is 0. The highest BCUT2D eigenvalue weighted by Gasteiger charge is 2.12. The van der Waals surface area contributed by atoms with Crippen LogP contribution in [0, 0.1) is 12.3 Å². The molecule has 0 atom stereocenters. The zero-order valence-electron chi connectivity index (χ0n) is 20.8. The van der Waals surface area contributed by atoms with Crippen molar-refractivity contribution in [1.82, 2.24) is 0 Å². The second-order valence-corrected chi connectivity index (χ2v) is 8.55. The molecular weight excluding hydrogens is 456 g/mol. The molecule has 0 aliphatic carbocycles. The Morgan fingerprint density at radius 3 is 1.95 bits per heavy atom. The summed E-state index contributed by atoms with van der Waals surface area (Å²) in [4.78, 5) is 4.35. The van der Waals surface area contributed by atoms with Crippen molar-refractivity contribution in [2.24, 2.45) is 10.7 Å². The van der Waals surface area contributed by atoms with Crippen LogP contribution in [0.25, 0.3) is 10.8 Å². The van der Waals surface area contributed by atoms with Gasteiger partial charge in [-0.05, 0) is 42.0 Å². The van der Waals surface area contributed by atoms with Gasteiger partial charge in [0.2, 0.25) is 0 Å². The van der Waals surface area contributed by atoms with Gasteiger partial charge in [0.1, 0.15) is 18.2 Å². The van der Waals surface area contributed by atoms with Gasteiger partial charge in [-0.1, -0.05) is 103 Å². The third-order valence-electron chi connectivity index (χ3n) is 5.77. The van der Waals surface area contributed by atoms with Gasteiger partial charge in [-0.25, -0.2) is 4.99 Å². The van der Waals surface area contributed by atoms with Crippen LogP contribution < -0.4 is 16.2 Å². The van der Waals surface area contributed by atoms with Gasteiger partial charge in [0.15, 0.2) is 5.84 Å². The molecule has 0 unspecified atom stereocenters.